The van der Waals surface area contributed by atoms with Gasteiger partial charge in [0.25, 0.3) is 0 Å². The highest BCUT2D eigenvalue weighted by Gasteiger charge is 2.20. The average molecular weight is 417 g/mol. The number of anilines is 1. The molecule has 0 spiro atoms. The maximum atomic E-state index is 12.9. The molecule has 2 aromatic rings. The number of rotatable bonds is 8. The number of nitrogens with one attached hydrogen (secondary N) is 2. The molecule has 2 N–H and O–H groups in total. The van der Waals surface area contributed by atoms with Gasteiger partial charge in [0, 0.05) is 34.8 Å². The van der Waals surface area contributed by atoms with Gasteiger partial charge in [-0.25, -0.2) is 4.79 Å². The minimum absolute atomic E-state index is 0.0990. The lowest BCUT2D eigenvalue weighted by Crippen LogP contribution is -2.42. The Morgan fingerprint density at radius 2 is 1.83 bits per heavy atom. The van der Waals surface area contributed by atoms with E-state index in [0.717, 1.165) is 6.29 Å². The van der Waals surface area contributed by atoms with E-state index in [4.69, 9.17) is 16.3 Å². The van der Waals surface area contributed by atoms with E-state index in [1.165, 1.54) is 0 Å². The Bertz CT molecular complexity index is 863. The van der Waals surface area contributed by atoms with E-state index in [0.29, 0.717) is 21.8 Å². The molecule has 7 heteroatoms. The van der Waals surface area contributed by atoms with E-state index in [1.54, 1.807) is 63.2 Å². The molecule has 29 heavy (non-hydrogen) atoms. The quantitative estimate of drug-likeness (QED) is 0.490. The highest BCUT2D eigenvalue weighted by atomic mass is 35.5. The van der Waals surface area contributed by atoms with Gasteiger partial charge in [0.15, 0.2) is 5.78 Å². The second-order valence-corrected chi connectivity index (χ2v) is 7.95. The molecule has 0 aliphatic carbocycles. The smallest absolute Gasteiger partial charge is 0.407 e. The van der Waals surface area contributed by atoms with E-state index >= 15 is 0 Å². The van der Waals surface area contributed by atoms with E-state index in [1.807, 2.05) is 6.07 Å². The van der Waals surface area contributed by atoms with Crippen molar-refractivity contribution in [2.75, 3.05) is 11.9 Å². The molecule has 0 bridgehead atoms. The third-order valence-corrected chi connectivity index (χ3v) is 4.14. The number of hydrogen-bond acceptors (Lipinski definition) is 5. The number of aldehydes is 1. The van der Waals surface area contributed by atoms with Gasteiger partial charge in [-0.1, -0.05) is 41.9 Å². The van der Waals surface area contributed by atoms with Gasteiger partial charge in [0.05, 0.1) is 6.04 Å². The van der Waals surface area contributed by atoms with Gasteiger partial charge in [0.2, 0.25) is 0 Å². The number of ketones is 1. The molecule has 1 amide bonds. The van der Waals surface area contributed by atoms with E-state index in [-0.39, 0.29) is 18.7 Å². The molecular weight excluding hydrogens is 392 g/mol. The number of hydrogen-bond donors (Lipinski definition) is 2. The van der Waals surface area contributed by atoms with Crippen LogP contribution in [0.25, 0.3) is 0 Å². The lowest BCUT2D eigenvalue weighted by atomic mass is 10.0. The standard InChI is InChI=1S/C22H25ClN2O4/c1-22(2,3)29-21(28)25-17(11-12-26)14-24-19-10-9-16(23)13-18(19)20(27)15-7-5-4-6-8-15/h4-10,12-13,17,24H,11,14H2,1-3H3,(H,25,28)/t17-/m0/s1. The van der Waals surface area contributed by atoms with Crippen molar-refractivity contribution in [3.8, 4) is 0 Å². The summed E-state index contributed by atoms with van der Waals surface area (Å²) in [6, 6.07) is 13.3. The molecule has 1 atom stereocenters. The Kier molecular flexibility index (Phi) is 7.79. The Hall–Kier alpha value is -2.86. The van der Waals surface area contributed by atoms with Crippen LogP contribution < -0.4 is 10.6 Å². The number of ether oxygens (including phenoxy) is 1. The lowest BCUT2D eigenvalue weighted by Gasteiger charge is -2.23. The summed E-state index contributed by atoms with van der Waals surface area (Å²) in [6.45, 7) is 5.51. The summed E-state index contributed by atoms with van der Waals surface area (Å²) >= 11 is 6.09. The highest BCUT2D eigenvalue weighted by molar-refractivity contribution is 6.31. The maximum Gasteiger partial charge on any atom is 0.407 e. The predicted octanol–water partition coefficient (Wildman–Crippen LogP) is 4.47. The third kappa shape index (κ3) is 7.23. The van der Waals surface area contributed by atoms with Crippen LogP contribution in [0.3, 0.4) is 0 Å². The van der Waals surface area contributed by atoms with Crippen molar-refractivity contribution in [3.05, 3.63) is 64.7 Å². The van der Waals surface area contributed by atoms with Crippen molar-refractivity contribution in [1.29, 1.82) is 0 Å². The van der Waals surface area contributed by atoms with Crippen molar-refractivity contribution in [2.45, 2.75) is 38.8 Å². The highest BCUT2D eigenvalue weighted by Crippen LogP contribution is 2.24. The fraction of sp³-hybridized carbons (Fsp3) is 0.318. The number of carbonyl (C=O) groups is 3. The third-order valence-electron chi connectivity index (χ3n) is 3.90. The zero-order chi connectivity index (χ0) is 21.4. The molecule has 154 valence electrons. The molecule has 2 rings (SSSR count). The summed E-state index contributed by atoms with van der Waals surface area (Å²) in [5, 5.41) is 6.24. The van der Waals surface area contributed by atoms with Gasteiger partial charge < -0.3 is 20.2 Å². The van der Waals surface area contributed by atoms with Crippen LogP contribution in [0.4, 0.5) is 10.5 Å². The summed E-state index contributed by atoms with van der Waals surface area (Å²) in [7, 11) is 0. The topological polar surface area (TPSA) is 84.5 Å². The van der Waals surface area contributed by atoms with Crippen LogP contribution in [0.15, 0.2) is 48.5 Å². The molecule has 6 nitrogen and oxygen atoms in total. The zero-order valence-corrected chi connectivity index (χ0v) is 17.5. The lowest BCUT2D eigenvalue weighted by molar-refractivity contribution is -0.108. The largest absolute Gasteiger partial charge is 0.444 e. The van der Waals surface area contributed by atoms with Crippen LogP contribution in [0.2, 0.25) is 5.02 Å². The molecule has 0 aliphatic heterocycles. The van der Waals surface area contributed by atoms with Gasteiger partial charge >= 0.3 is 6.09 Å². The van der Waals surface area contributed by atoms with Gasteiger partial charge in [0.1, 0.15) is 11.9 Å². The minimum Gasteiger partial charge on any atom is -0.444 e. The SMILES string of the molecule is CC(C)(C)OC(=O)N[C@@H](CC=O)CNc1ccc(Cl)cc1C(=O)c1ccccc1. The summed E-state index contributed by atoms with van der Waals surface area (Å²) in [4.78, 5) is 35.9. The molecule has 0 aromatic heterocycles. The summed E-state index contributed by atoms with van der Waals surface area (Å²) < 4.78 is 5.24. The zero-order valence-electron chi connectivity index (χ0n) is 16.7. The number of alkyl carbamates (subject to hydrolysis) is 1. The van der Waals surface area contributed by atoms with E-state index < -0.39 is 17.7 Å². The van der Waals surface area contributed by atoms with Crippen molar-refractivity contribution in [3.63, 3.8) is 0 Å². The van der Waals surface area contributed by atoms with Crippen LogP contribution >= 0.6 is 11.6 Å². The molecule has 0 saturated carbocycles. The van der Waals surface area contributed by atoms with Crippen LogP contribution in [0.5, 0.6) is 0 Å². The Morgan fingerprint density at radius 1 is 1.14 bits per heavy atom. The molecule has 0 radical (unpaired) electrons. The van der Waals surface area contributed by atoms with Gasteiger partial charge in [-0.2, -0.15) is 0 Å². The van der Waals surface area contributed by atoms with Crippen molar-refractivity contribution in [2.24, 2.45) is 0 Å². The van der Waals surface area contributed by atoms with Crippen molar-refractivity contribution < 1.29 is 19.1 Å². The number of amides is 1. The first-order chi connectivity index (χ1) is 13.7. The average Bonchev–Trinajstić information content (AvgIpc) is 2.65. The van der Waals surface area contributed by atoms with E-state index in [9.17, 15) is 14.4 Å². The van der Waals surface area contributed by atoms with Crippen LogP contribution in [0, 0.1) is 0 Å². The number of carbonyl (C=O) groups excluding carboxylic acids is 3. The normalized spacial score (nSPS) is 12.0. The fourth-order valence-electron chi connectivity index (χ4n) is 2.62. The Labute approximate surface area is 175 Å². The molecular formula is C22H25ClN2O4. The Morgan fingerprint density at radius 3 is 2.45 bits per heavy atom. The van der Waals surface area contributed by atoms with Crippen LogP contribution in [-0.4, -0.2) is 36.4 Å². The molecule has 0 heterocycles. The molecule has 0 unspecified atom stereocenters. The summed E-state index contributed by atoms with van der Waals surface area (Å²) in [5.74, 6) is -0.178. The molecule has 0 aliphatic rings. The van der Waals surface area contributed by atoms with Crippen LogP contribution in [-0.2, 0) is 9.53 Å². The first-order valence-corrected chi connectivity index (χ1v) is 9.63. The van der Waals surface area contributed by atoms with E-state index in [2.05, 4.69) is 10.6 Å². The van der Waals surface area contributed by atoms with Gasteiger partial charge in [-0.15, -0.1) is 0 Å². The van der Waals surface area contributed by atoms with Crippen molar-refractivity contribution >= 4 is 35.5 Å². The second-order valence-electron chi connectivity index (χ2n) is 7.51. The van der Waals surface area contributed by atoms with Crippen LogP contribution in [0.1, 0.15) is 43.1 Å². The first-order valence-electron chi connectivity index (χ1n) is 9.26. The molecule has 0 fully saturated rings. The molecule has 2 aromatic carbocycles. The van der Waals surface area contributed by atoms with Crippen molar-refractivity contribution in [1.82, 2.24) is 5.32 Å². The second kappa shape index (κ2) is 10.1. The van der Waals surface area contributed by atoms with Gasteiger partial charge in [-0.3, -0.25) is 4.79 Å². The number of halogens is 1. The molecule has 0 saturated heterocycles. The predicted molar refractivity (Wildman–Crippen MR) is 114 cm³/mol. The monoisotopic (exact) mass is 416 g/mol. The Balaban J connectivity index is 2.14. The maximum absolute atomic E-state index is 12.9. The first kappa shape index (κ1) is 22.4. The minimum atomic E-state index is -0.644. The summed E-state index contributed by atoms with van der Waals surface area (Å²) in [6.07, 6.45) is 0.214. The fourth-order valence-corrected chi connectivity index (χ4v) is 2.79. The van der Waals surface area contributed by atoms with Gasteiger partial charge in [-0.05, 0) is 39.0 Å². The number of benzene rings is 2. The summed E-state index contributed by atoms with van der Waals surface area (Å²) in [5.41, 5.74) is 0.861.